The van der Waals surface area contributed by atoms with E-state index in [-0.39, 0.29) is 12.5 Å². The normalized spacial score (nSPS) is 10.4. The van der Waals surface area contributed by atoms with Gasteiger partial charge in [0.25, 0.3) is 5.91 Å². The molecular formula is C22H22N2O3. The topological polar surface area (TPSA) is 58.6 Å². The quantitative estimate of drug-likeness (QED) is 0.683. The molecule has 0 aromatic heterocycles. The molecule has 0 atom stereocenters. The second-order valence-electron chi connectivity index (χ2n) is 6.44. The standard InChI is InChI=1S/C22H22N2O3/c1-24(2)18-12-10-16(11-13-18)14-23-21(25)15-27-22(26)20-9-5-7-17-6-3-4-8-19(17)20/h3-13H,14-15H2,1-2H3,(H,23,25). The largest absolute Gasteiger partial charge is 0.452 e. The van der Waals surface area contributed by atoms with E-state index in [1.54, 1.807) is 12.1 Å². The van der Waals surface area contributed by atoms with Gasteiger partial charge in [0.05, 0.1) is 5.56 Å². The summed E-state index contributed by atoms with van der Waals surface area (Å²) in [5.74, 6) is -0.836. The summed E-state index contributed by atoms with van der Waals surface area (Å²) in [4.78, 5) is 26.3. The van der Waals surface area contributed by atoms with Gasteiger partial charge in [-0.3, -0.25) is 4.79 Å². The van der Waals surface area contributed by atoms with Crippen molar-refractivity contribution in [2.45, 2.75) is 6.54 Å². The number of fused-ring (bicyclic) bond motifs is 1. The fourth-order valence-corrected chi connectivity index (χ4v) is 2.78. The number of hydrogen-bond donors (Lipinski definition) is 1. The summed E-state index contributed by atoms with van der Waals surface area (Å²) in [7, 11) is 3.95. The highest BCUT2D eigenvalue weighted by molar-refractivity contribution is 6.04. The Morgan fingerprint density at radius 2 is 1.63 bits per heavy atom. The van der Waals surface area contributed by atoms with Gasteiger partial charge in [0.15, 0.2) is 6.61 Å². The number of carbonyl (C=O) groups excluding carboxylic acids is 2. The minimum atomic E-state index is -0.503. The third-order valence-electron chi connectivity index (χ3n) is 4.29. The third-order valence-corrected chi connectivity index (χ3v) is 4.29. The van der Waals surface area contributed by atoms with Crippen LogP contribution in [0.3, 0.4) is 0 Å². The highest BCUT2D eigenvalue weighted by Gasteiger charge is 2.13. The second-order valence-corrected chi connectivity index (χ2v) is 6.44. The molecular weight excluding hydrogens is 340 g/mol. The van der Waals surface area contributed by atoms with Crippen LogP contribution in [-0.2, 0) is 16.1 Å². The lowest BCUT2D eigenvalue weighted by molar-refractivity contribution is -0.124. The van der Waals surface area contributed by atoms with Crippen molar-refractivity contribution in [3.8, 4) is 0 Å². The monoisotopic (exact) mass is 362 g/mol. The molecule has 5 nitrogen and oxygen atoms in total. The summed E-state index contributed by atoms with van der Waals surface area (Å²) in [6.07, 6.45) is 0. The number of rotatable bonds is 6. The number of nitrogens with one attached hydrogen (secondary N) is 1. The number of benzene rings is 3. The zero-order valence-corrected chi connectivity index (χ0v) is 15.4. The summed E-state index contributed by atoms with van der Waals surface area (Å²) in [5.41, 5.74) is 2.53. The molecule has 5 heteroatoms. The maximum absolute atomic E-state index is 12.3. The third kappa shape index (κ3) is 4.64. The minimum absolute atomic E-state index is 0.308. The molecule has 0 aliphatic carbocycles. The molecule has 1 N–H and O–H groups in total. The van der Waals surface area contributed by atoms with Gasteiger partial charge in [-0.05, 0) is 34.5 Å². The molecule has 0 heterocycles. The predicted octanol–water partition coefficient (Wildman–Crippen LogP) is 3.38. The van der Waals surface area contributed by atoms with Crippen LogP contribution in [0.5, 0.6) is 0 Å². The van der Waals surface area contributed by atoms with E-state index in [9.17, 15) is 9.59 Å². The summed E-state index contributed by atoms with van der Waals surface area (Å²) in [6.45, 7) is 0.0796. The number of nitrogens with zero attached hydrogens (tertiary/aromatic N) is 1. The minimum Gasteiger partial charge on any atom is -0.452 e. The Morgan fingerprint density at radius 1 is 0.926 bits per heavy atom. The summed E-state index contributed by atoms with van der Waals surface area (Å²) in [6, 6.07) is 20.9. The molecule has 3 rings (SSSR count). The van der Waals surface area contributed by atoms with E-state index in [4.69, 9.17) is 4.74 Å². The number of amides is 1. The van der Waals surface area contributed by atoms with Crippen molar-refractivity contribution < 1.29 is 14.3 Å². The molecule has 1 amide bonds. The van der Waals surface area contributed by atoms with Crippen LogP contribution < -0.4 is 10.2 Å². The lowest BCUT2D eigenvalue weighted by Crippen LogP contribution is -2.28. The predicted molar refractivity (Wildman–Crippen MR) is 107 cm³/mol. The fourth-order valence-electron chi connectivity index (χ4n) is 2.78. The van der Waals surface area contributed by atoms with Gasteiger partial charge in [-0.25, -0.2) is 4.79 Å². The molecule has 0 aliphatic heterocycles. The summed E-state index contributed by atoms with van der Waals surface area (Å²) < 4.78 is 5.18. The van der Waals surface area contributed by atoms with Gasteiger partial charge in [-0.1, -0.05) is 48.5 Å². The Kier molecular flexibility index (Phi) is 5.71. The first-order valence-electron chi connectivity index (χ1n) is 8.72. The molecule has 3 aromatic carbocycles. The molecule has 0 fully saturated rings. The first kappa shape index (κ1) is 18.5. The Bertz CT molecular complexity index is 944. The van der Waals surface area contributed by atoms with Gasteiger partial charge < -0.3 is 15.0 Å². The van der Waals surface area contributed by atoms with Gasteiger partial charge in [0, 0.05) is 26.3 Å². The van der Waals surface area contributed by atoms with Crippen molar-refractivity contribution >= 4 is 28.3 Å². The van der Waals surface area contributed by atoms with Gasteiger partial charge >= 0.3 is 5.97 Å². The maximum Gasteiger partial charge on any atom is 0.339 e. The first-order valence-corrected chi connectivity index (χ1v) is 8.72. The molecule has 0 unspecified atom stereocenters. The molecule has 0 bridgehead atoms. The van der Waals surface area contributed by atoms with Crippen LogP contribution in [0.25, 0.3) is 10.8 Å². The summed E-state index contributed by atoms with van der Waals surface area (Å²) in [5, 5.41) is 4.53. The molecule has 27 heavy (non-hydrogen) atoms. The van der Waals surface area contributed by atoms with Crippen LogP contribution in [0.4, 0.5) is 5.69 Å². The number of hydrogen-bond acceptors (Lipinski definition) is 4. The summed E-state index contributed by atoms with van der Waals surface area (Å²) >= 11 is 0. The van der Waals surface area contributed by atoms with Crippen molar-refractivity contribution in [3.05, 3.63) is 77.9 Å². The fraction of sp³-hybridized carbons (Fsp3) is 0.182. The SMILES string of the molecule is CN(C)c1ccc(CNC(=O)COC(=O)c2cccc3ccccc23)cc1. The Morgan fingerprint density at radius 3 is 2.37 bits per heavy atom. The Hall–Kier alpha value is -3.34. The van der Waals surface area contributed by atoms with Crippen molar-refractivity contribution in [2.24, 2.45) is 0 Å². The van der Waals surface area contributed by atoms with Crippen LogP contribution in [-0.4, -0.2) is 32.6 Å². The van der Waals surface area contributed by atoms with Crippen molar-refractivity contribution in [3.63, 3.8) is 0 Å². The Balaban J connectivity index is 1.53. The molecule has 0 spiro atoms. The highest BCUT2D eigenvalue weighted by Crippen LogP contribution is 2.19. The number of ether oxygens (including phenoxy) is 1. The van der Waals surface area contributed by atoms with Crippen LogP contribution >= 0.6 is 0 Å². The van der Waals surface area contributed by atoms with E-state index in [1.807, 2.05) is 73.6 Å². The second kappa shape index (κ2) is 8.36. The van der Waals surface area contributed by atoms with Crippen LogP contribution in [0, 0.1) is 0 Å². The van der Waals surface area contributed by atoms with Crippen LogP contribution in [0.1, 0.15) is 15.9 Å². The van der Waals surface area contributed by atoms with Gasteiger partial charge in [0.2, 0.25) is 0 Å². The molecule has 0 aliphatic rings. The molecule has 0 saturated carbocycles. The molecule has 3 aromatic rings. The average Bonchev–Trinajstić information content (AvgIpc) is 2.70. The van der Waals surface area contributed by atoms with E-state index in [1.165, 1.54) is 0 Å². The van der Waals surface area contributed by atoms with E-state index >= 15 is 0 Å². The molecule has 138 valence electrons. The average molecular weight is 362 g/mol. The zero-order chi connectivity index (χ0) is 19.2. The maximum atomic E-state index is 12.3. The zero-order valence-electron chi connectivity index (χ0n) is 15.4. The van der Waals surface area contributed by atoms with E-state index in [2.05, 4.69) is 5.32 Å². The highest BCUT2D eigenvalue weighted by atomic mass is 16.5. The van der Waals surface area contributed by atoms with E-state index in [0.29, 0.717) is 12.1 Å². The van der Waals surface area contributed by atoms with Gasteiger partial charge in [0.1, 0.15) is 0 Å². The molecule has 0 saturated heterocycles. The van der Waals surface area contributed by atoms with E-state index < -0.39 is 5.97 Å². The molecule has 0 radical (unpaired) electrons. The van der Waals surface area contributed by atoms with Gasteiger partial charge in [-0.2, -0.15) is 0 Å². The van der Waals surface area contributed by atoms with Crippen LogP contribution in [0.15, 0.2) is 66.7 Å². The van der Waals surface area contributed by atoms with Crippen molar-refractivity contribution in [1.29, 1.82) is 0 Å². The van der Waals surface area contributed by atoms with Gasteiger partial charge in [-0.15, -0.1) is 0 Å². The lowest BCUT2D eigenvalue weighted by atomic mass is 10.1. The number of carbonyl (C=O) groups is 2. The smallest absolute Gasteiger partial charge is 0.339 e. The van der Waals surface area contributed by atoms with Crippen molar-refractivity contribution in [2.75, 3.05) is 25.6 Å². The number of anilines is 1. The number of esters is 1. The van der Waals surface area contributed by atoms with Crippen molar-refractivity contribution in [1.82, 2.24) is 5.32 Å². The lowest BCUT2D eigenvalue weighted by Gasteiger charge is -2.13. The van der Waals surface area contributed by atoms with Crippen LogP contribution in [0.2, 0.25) is 0 Å². The Labute approximate surface area is 158 Å². The first-order chi connectivity index (χ1) is 13.0. The van der Waals surface area contributed by atoms with E-state index in [0.717, 1.165) is 22.0 Å².